The molecule has 7 nitrogen and oxygen atoms in total. The van der Waals surface area contributed by atoms with Crippen LogP contribution in [0.15, 0.2) is 45.6 Å². The number of carbonyl (C=O) groups excluding carboxylic acids is 1. The molecule has 0 spiro atoms. The number of carbonyl (C=O) groups is 1. The van der Waals surface area contributed by atoms with Crippen molar-refractivity contribution >= 4 is 33.3 Å². The van der Waals surface area contributed by atoms with Gasteiger partial charge in [0.2, 0.25) is 5.76 Å². The zero-order valence-corrected chi connectivity index (χ0v) is 19.8. The van der Waals surface area contributed by atoms with Crippen LogP contribution in [0, 0.1) is 19.7 Å². The summed E-state index contributed by atoms with van der Waals surface area (Å²) in [6.45, 7) is 6.09. The van der Waals surface area contributed by atoms with Gasteiger partial charge in [-0.1, -0.05) is 6.07 Å². The number of hydrogen-bond donors (Lipinski definition) is 0. The van der Waals surface area contributed by atoms with Crippen LogP contribution in [0.5, 0.6) is 11.5 Å². The molecule has 1 amide bonds. The second kappa shape index (κ2) is 8.25. The number of anilines is 1. The summed E-state index contributed by atoms with van der Waals surface area (Å²) in [4.78, 5) is 34.2. The van der Waals surface area contributed by atoms with E-state index in [1.54, 1.807) is 18.2 Å². The Morgan fingerprint density at radius 3 is 2.62 bits per heavy atom. The Kier molecular flexibility index (Phi) is 5.36. The molecule has 2 aromatic heterocycles. The molecule has 0 aliphatic carbocycles. The molecule has 1 aliphatic rings. The van der Waals surface area contributed by atoms with Gasteiger partial charge in [0.15, 0.2) is 22.1 Å². The molecule has 5 rings (SSSR count). The average molecular weight is 481 g/mol. The number of fused-ring (bicyclic) bond motifs is 2. The number of aryl methyl sites for hydroxylation is 2. The van der Waals surface area contributed by atoms with Crippen molar-refractivity contribution in [3.05, 3.63) is 79.9 Å². The van der Waals surface area contributed by atoms with Gasteiger partial charge in [0, 0.05) is 4.88 Å². The van der Waals surface area contributed by atoms with Gasteiger partial charge in [-0.2, -0.15) is 0 Å². The number of thiazole rings is 1. The monoisotopic (exact) mass is 480 g/mol. The third-order valence-electron chi connectivity index (χ3n) is 5.86. The molecule has 4 aromatic rings. The van der Waals surface area contributed by atoms with E-state index in [4.69, 9.17) is 13.9 Å². The van der Waals surface area contributed by atoms with Crippen molar-refractivity contribution in [2.75, 3.05) is 18.6 Å². The molecule has 1 atom stereocenters. The fourth-order valence-corrected chi connectivity index (χ4v) is 5.08. The Morgan fingerprint density at radius 1 is 1.15 bits per heavy atom. The minimum atomic E-state index is -0.832. The molecule has 0 bridgehead atoms. The summed E-state index contributed by atoms with van der Waals surface area (Å²) < 4.78 is 31.0. The van der Waals surface area contributed by atoms with Crippen LogP contribution in [0.1, 0.15) is 45.2 Å². The lowest BCUT2D eigenvalue weighted by Crippen LogP contribution is -2.29. The van der Waals surface area contributed by atoms with Crippen molar-refractivity contribution in [2.45, 2.75) is 26.8 Å². The predicted octanol–water partition coefficient (Wildman–Crippen LogP) is 5.16. The highest BCUT2D eigenvalue weighted by molar-refractivity contribution is 7.15. The quantitative estimate of drug-likeness (QED) is 0.392. The molecule has 2 aromatic carbocycles. The smallest absolute Gasteiger partial charge is 0.297 e. The Labute approximate surface area is 198 Å². The molecule has 34 heavy (non-hydrogen) atoms. The van der Waals surface area contributed by atoms with Gasteiger partial charge in [0.1, 0.15) is 11.4 Å². The summed E-state index contributed by atoms with van der Waals surface area (Å²) >= 11 is 1.35. The maximum absolute atomic E-state index is 14.0. The minimum Gasteiger partial charge on any atom is -0.493 e. The number of ether oxygens (including phenoxy) is 2. The van der Waals surface area contributed by atoms with E-state index >= 15 is 0 Å². The standard InChI is InChI=1S/C25H21FN2O5S/c1-5-32-18-8-6-14(10-19(18)31-4)21-20-22(29)16-11-15(26)7-9-17(16)33-23(20)24(30)28(21)25-27-12(2)13(3)34-25/h6-11,21H,5H2,1-4H3. The average Bonchev–Trinajstić information content (AvgIpc) is 3.30. The summed E-state index contributed by atoms with van der Waals surface area (Å²) in [7, 11) is 1.52. The molecule has 9 heteroatoms. The summed E-state index contributed by atoms with van der Waals surface area (Å²) in [5.41, 5.74) is 1.23. The Balaban J connectivity index is 1.79. The SMILES string of the molecule is CCOc1ccc(C2c3c(oc4ccc(F)cc4c3=O)C(=O)N2c2nc(C)c(C)s2)cc1OC. The van der Waals surface area contributed by atoms with Crippen molar-refractivity contribution in [3.63, 3.8) is 0 Å². The van der Waals surface area contributed by atoms with Crippen LogP contribution in [0.25, 0.3) is 11.0 Å². The van der Waals surface area contributed by atoms with E-state index in [0.29, 0.717) is 28.8 Å². The first-order chi connectivity index (χ1) is 16.3. The molecule has 0 saturated carbocycles. The molecule has 0 radical (unpaired) electrons. The van der Waals surface area contributed by atoms with Gasteiger partial charge in [-0.25, -0.2) is 9.37 Å². The zero-order chi connectivity index (χ0) is 24.1. The first-order valence-electron chi connectivity index (χ1n) is 10.7. The van der Waals surface area contributed by atoms with Gasteiger partial charge in [-0.15, -0.1) is 11.3 Å². The lowest BCUT2D eigenvalue weighted by molar-refractivity contribution is 0.0971. The second-order valence-electron chi connectivity index (χ2n) is 7.87. The topological polar surface area (TPSA) is 81.9 Å². The normalized spacial score (nSPS) is 15.1. The van der Waals surface area contributed by atoms with Crippen LogP contribution in [-0.4, -0.2) is 24.6 Å². The van der Waals surface area contributed by atoms with E-state index in [2.05, 4.69) is 4.98 Å². The van der Waals surface area contributed by atoms with Gasteiger partial charge < -0.3 is 13.9 Å². The number of hydrogen-bond acceptors (Lipinski definition) is 7. The highest BCUT2D eigenvalue weighted by Crippen LogP contribution is 2.44. The van der Waals surface area contributed by atoms with Gasteiger partial charge in [-0.05, 0) is 56.7 Å². The highest BCUT2D eigenvalue weighted by Gasteiger charge is 2.45. The number of rotatable bonds is 5. The Bertz CT molecular complexity index is 1490. The molecule has 174 valence electrons. The van der Waals surface area contributed by atoms with E-state index in [9.17, 15) is 14.0 Å². The molecule has 3 heterocycles. The molecular formula is C25H21FN2O5S. The number of halogens is 1. The number of nitrogens with zero attached hydrogens (tertiary/aromatic N) is 2. The van der Waals surface area contributed by atoms with E-state index in [1.807, 2.05) is 20.8 Å². The molecular weight excluding hydrogens is 459 g/mol. The van der Waals surface area contributed by atoms with Crippen LogP contribution >= 0.6 is 11.3 Å². The highest BCUT2D eigenvalue weighted by atomic mass is 32.1. The lowest BCUT2D eigenvalue weighted by atomic mass is 9.98. The molecule has 1 unspecified atom stereocenters. The molecule has 0 fully saturated rings. The van der Waals surface area contributed by atoms with Gasteiger partial charge >= 0.3 is 0 Å². The summed E-state index contributed by atoms with van der Waals surface area (Å²) in [5.74, 6) is -0.120. The van der Waals surface area contributed by atoms with E-state index in [0.717, 1.165) is 16.6 Å². The van der Waals surface area contributed by atoms with Gasteiger partial charge in [0.05, 0.1) is 36.4 Å². The largest absolute Gasteiger partial charge is 0.493 e. The fraction of sp³-hybridized carbons (Fsp3) is 0.240. The van der Waals surface area contributed by atoms with Gasteiger partial charge in [-0.3, -0.25) is 14.5 Å². The van der Waals surface area contributed by atoms with Crippen LogP contribution in [0.2, 0.25) is 0 Å². The van der Waals surface area contributed by atoms with Crippen molar-refractivity contribution in [3.8, 4) is 11.5 Å². The van der Waals surface area contributed by atoms with Crippen LogP contribution in [0.3, 0.4) is 0 Å². The van der Waals surface area contributed by atoms with Crippen LogP contribution in [0.4, 0.5) is 9.52 Å². The second-order valence-corrected chi connectivity index (χ2v) is 9.06. The van der Waals surface area contributed by atoms with E-state index in [-0.39, 0.29) is 22.3 Å². The third-order valence-corrected chi connectivity index (χ3v) is 6.93. The van der Waals surface area contributed by atoms with Crippen LogP contribution in [-0.2, 0) is 0 Å². The van der Waals surface area contributed by atoms with Crippen molar-refractivity contribution in [1.82, 2.24) is 4.98 Å². The minimum absolute atomic E-state index is 0.0720. The summed E-state index contributed by atoms with van der Waals surface area (Å²) in [6.07, 6.45) is 0. The Hall–Kier alpha value is -3.72. The van der Waals surface area contributed by atoms with Crippen LogP contribution < -0.4 is 19.8 Å². The van der Waals surface area contributed by atoms with Crippen molar-refractivity contribution < 1.29 is 23.1 Å². The Morgan fingerprint density at radius 2 is 1.94 bits per heavy atom. The molecule has 1 aliphatic heterocycles. The maximum atomic E-state index is 14.0. The zero-order valence-electron chi connectivity index (χ0n) is 19.0. The first kappa shape index (κ1) is 22.1. The number of methoxy groups -OCH3 is 1. The third kappa shape index (κ3) is 3.35. The maximum Gasteiger partial charge on any atom is 0.297 e. The fourth-order valence-electron chi connectivity index (χ4n) is 4.15. The molecule has 0 saturated heterocycles. The van der Waals surface area contributed by atoms with E-state index in [1.165, 1.54) is 35.5 Å². The molecule has 0 N–H and O–H groups in total. The van der Waals surface area contributed by atoms with Crippen molar-refractivity contribution in [2.24, 2.45) is 0 Å². The van der Waals surface area contributed by atoms with Crippen molar-refractivity contribution in [1.29, 1.82) is 0 Å². The van der Waals surface area contributed by atoms with E-state index < -0.39 is 23.2 Å². The first-order valence-corrected chi connectivity index (χ1v) is 11.5. The van der Waals surface area contributed by atoms with Gasteiger partial charge in [0.25, 0.3) is 5.91 Å². The number of amides is 1. The predicted molar refractivity (Wildman–Crippen MR) is 127 cm³/mol. The number of aromatic nitrogens is 1. The summed E-state index contributed by atoms with van der Waals surface area (Å²) in [5, 5.41) is 0.515. The summed E-state index contributed by atoms with van der Waals surface area (Å²) in [6, 6.07) is 8.08. The number of benzene rings is 2. The lowest BCUT2D eigenvalue weighted by Gasteiger charge is -2.23.